The smallest absolute Gasteiger partial charge is 0.156 e. The zero-order chi connectivity index (χ0) is 27.1. The second-order valence-corrected chi connectivity index (χ2v) is 12.8. The van der Waals surface area contributed by atoms with E-state index in [0.29, 0.717) is 49.4 Å². The van der Waals surface area contributed by atoms with E-state index >= 15 is 4.39 Å². The number of halogens is 1. The van der Waals surface area contributed by atoms with E-state index in [9.17, 15) is 9.59 Å². The van der Waals surface area contributed by atoms with Crippen molar-refractivity contribution in [2.24, 2.45) is 23.2 Å². The van der Waals surface area contributed by atoms with Gasteiger partial charge >= 0.3 is 0 Å². The number of allylic oxidation sites excluding steroid dienone is 4. The lowest BCUT2D eigenvalue weighted by Crippen LogP contribution is -2.46. The summed E-state index contributed by atoms with van der Waals surface area (Å²) in [7, 11) is 0. The fourth-order valence-corrected chi connectivity index (χ4v) is 9.02. The predicted octanol–water partition coefficient (Wildman–Crippen LogP) is 7.51. The van der Waals surface area contributed by atoms with Crippen LogP contribution < -0.4 is 4.90 Å². The number of benzene rings is 1. The number of fused-ring (bicyclic) bond motifs is 4. The molecule has 2 saturated carbocycles. The molecule has 39 heavy (non-hydrogen) atoms. The molecule has 0 spiro atoms. The Kier molecular flexibility index (Phi) is 7.30. The summed E-state index contributed by atoms with van der Waals surface area (Å²) in [6.07, 6.45) is 9.86. The van der Waals surface area contributed by atoms with Crippen molar-refractivity contribution in [3.05, 3.63) is 52.6 Å². The zero-order valence-electron chi connectivity index (χ0n) is 23.6. The quantitative estimate of drug-likeness (QED) is 0.372. The molecule has 1 heterocycles. The number of hydrogen-bond donors (Lipinski definition) is 0. The van der Waals surface area contributed by atoms with E-state index in [1.807, 2.05) is 6.92 Å². The average molecular weight is 528 g/mol. The van der Waals surface area contributed by atoms with Crippen molar-refractivity contribution in [3.8, 4) is 11.8 Å². The van der Waals surface area contributed by atoms with Crippen molar-refractivity contribution < 1.29 is 14.0 Å². The van der Waals surface area contributed by atoms with Crippen LogP contribution in [0.1, 0.15) is 96.0 Å². The largest absolute Gasteiger partial charge is 0.372 e. The molecule has 6 atom stereocenters. The molecular weight excluding hydrogens is 485 g/mol. The van der Waals surface area contributed by atoms with Crippen LogP contribution in [0.2, 0.25) is 0 Å². The van der Waals surface area contributed by atoms with Crippen LogP contribution in [0.5, 0.6) is 0 Å². The van der Waals surface area contributed by atoms with Gasteiger partial charge in [0.2, 0.25) is 0 Å². The number of rotatable bonds is 5. The number of Topliss-reactive ketones (excluding diaryl/α,β-unsaturated/α-hetero) is 1. The molecule has 0 N–H and O–H groups in total. The number of nitrogens with zero attached hydrogens (tertiary/aromatic N) is 1. The molecule has 0 aromatic heterocycles. The fraction of sp³-hybridized carbons (Fsp3) is 0.600. The lowest BCUT2D eigenvalue weighted by atomic mass is 9.51. The Bertz CT molecular complexity index is 1260. The van der Waals surface area contributed by atoms with Crippen LogP contribution in [-0.4, -0.2) is 30.8 Å². The van der Waals surface area contributed by atoms with Crippen molar-refractivity contribution in [1.82, 2.24) is 0 Å². The van der Waals surface area contributed by atoms with Gasteiger partial charge < -0.3 is 4.90 Å². The van der Waals surface area contributed by atoms with Crippen LogP contribution in [0.3, 0.4) is 0 Å². The number of anilines is 1. The maximum absolute atomic E-state index is 15.8. The van der Waals surface area contributed by atoms with E-state index in [4.69, 9.17) is 0 Å². The van der Waals surface area contributed by atoms with Crippen LogP contribution in [0, 0.1) is 35.0 Å². The topological polar surface area (TPSA) is 37.4 Å². The highest BCUT2D eigenvalue weighted by atomic mass is 19.1. The second kappa shape index (κ2) is 10.7. The normalized spacial score (nSPS) is 33.9. The van der Waals surface area contributed by atoms with E-state index < -0.39 is 6.17 Å². The van der Waals surface area contributed by atoms with E-state index in [0.717, 1.165) is 37.9 Å². The highest BCUT2D eigenvalue weighted by Crippen LogP contribution is 2.66. The summed E-state index contributed by atoms with van der Waals surface area (Å²) >= 11 is 0. The number of alkyl halides is 1. The Labute approximate surface area is 233 Å². The third-order valence-corrected chi connectivity index (χ3v) is 10.8. The van der Waals surface area contributed by atoms with Gasteiger partial charge in [-0.3, -0.25) is 9.59 Å². The highest BCUT2D eigenvalue weighted by molar-refractivity contribution is 5.93. The summed E-state index contributed by atoms with van der Waals surface area (Å²) in [5.74, 6) is 7.03. The minimum atomic E-state index is -1.09. The van der Waals surface area contributed by atoms with Gasteiger partial charge in [-0.15, -0.1) is 11.8 Å². The van der Waals surface area contributed by atoms with Crippen LogP contribution in [-0.2, 0) is 9.59 Å². The molecule has 1 saturated heterocycles. The van der Waals surface area contributed by atoms with E-state index in [-0.39, 0.29) is 29.0 Å². The third-order valence-electron chi connectivity index (χ3n) is 10.8. The first kappa shape index (κ1) is 26.5. The summed E-state index contributed by atoms with van der Waals surface area (Å²) in [6, 6.07) is 9.14. The first-order valence-electron chi connectivity index (χ1n) is 15.3. The molecular formula is C35H42FNO2. The minimum absolute atomic E-state index is 0.0192. The van der Waals surface area contributed by atoms with E-state index in [2.05, 4.69) is 47.9 Å². The summed E-state index contributed by atoms with van der Waals surface area (Å²) in [6.45, 7) is 6.39. The summed E-state index contributed by atoms with van der Waals surface area (Å²) in [5.41, 5.74) is 5.59. The van der Waals surface area contributed by atoms with Gasteiger partial charge in [-0.1, -0.05) is 24.6 Å². The zero-order valence-corrected chi connectivity index (χ0v) is 23.6. The SMILES string of the molecule is CC#CCCC(=O)[C@H]1CC[C@H]2[C@@H]3CC(F)C4=CC(=O)CCC4=C3[C@@H](c3ccc(N4CCCCC4)cc3)C[C@]12C. The molecule has 4 heteroatoms. The summed E-state index contributed by atoms with van der Waals surface area (Å²) in [4.78, 5) is 28.3. The molecule has 1 aliphatic heterocycles. The van der Waals surface area contributed by atoms with Crippen molar-refractivity contribution in [2.45, 2.75) is 96.6 Å². The molecule has 0 bridgehead atoms. The maximum Gasteiger partial charge on any atom is 0.156 e. The Morgan fingerprint density at radius 1 is 1.10 bits per heavy atom. The van der Waals surface area contributed by atoms with Crippen LogP contribution in [0.4, 0.5) is 10.1 Å². The summed E-state index contributed by atoms with van der Waals surface area (Å²) < 4.78 is 15.8. The first-order valence-corrected chi connectivity index (χ1v) is 15.3. The Balaban J connectivity index is 1.40. The van der Waals surface area contributed by atoms with Crippen molar-refractivity contribution in [2.75, 3.05) is 18.0 Å². The number of ketones is 2. The molecule has 5 aliphatic rings. The van der Waals surface area contributed by atoms with Crippen molar-refractivity contribution in [3.63, 3.8) is 0 Å². The Morgan fingerprint density at radius 2 is 1.87 bits per heavy atom. The standard InChI is InChI=1S/C35H42FNO2/c1-3-4-6-9-33(39)31-17-16-30-28-21-32(36)27-20-25(38)14-15-26(27)34(28)29(22-35(30,31)2)23-10-12-24(13-11-23)37-18-7-5-8-19-37/h10-13,20,28-32H,5-9,14-19,21-22H2,1-2H3/t28-,29+,30-,31+,32?,35-/m0/s1. The molecule has 3 nitrogen and oxygen atoms in total. The van der Waals surface area contributed by atoms with Crippen LogP contribution in [0.25, 0.3) is 0 Å². The maximum atomic E-state index is 15.8. The Hall–Kier alpha value is -2.67. The highest BCUT2D eigenvalue weighted by Gasteiger charge is 2.58. The van der Waals surface area contributed by atoms with Gasteiger partial charge in [-0.2, -0.15) is 0 Å². The predicted molar refractivity (Wildman–Crippen MR) is 154 cm³/mol. The molecule has 1 unspecified atom stereocenters. The lowest BCUT2D eigenvalue weighted by Gasteiger charge is -2.53. The van der Waals surface area contributed by atoms with Gasteiger partial charge in [0.15, 0.2) is 5.78 Å². The number of piperidine rings is 1. The van der Waals surface area contributed by atoms with E-state index in [1.165, 1.54) is 36.1 Å². The van der Waals surface area contributed by atoms with Crippen molar-refractivity contribution in [1.29, 1.82) is 0 Å². The van der Waals surface area contributed by atoms with Crippen molar-refractivity contribution >= 4 is 17.3 Å². The average Bonchev–Trinajstić information content (AvgIpc) is 3.30. The minimum Gasteiger partial charge on any atom is -0.372 e. The molecule has 1 aromatic carbocycles. The molecule has 4 aliphatic carbocycles. The monoisotopic (exact) mass is 527 g/mol. The first-order chi connectivity index (χ1) is 18.9. The molecule has 1 aromatic rings. The number of carbonyl (C=O) groups excluding carboxylic acids is 2. The fourth-order valence-electron chi connectivity index (χ4n) is 9.02. The van der Waals surface area contributed by atoms with Gasteiger partial charge in [0.1, 0.15) is 12.0 Å². The third kappa shape index (κ3) is 4.71. The lowest BCUT2D eigenvalue weighted by molar-refractivity contribution is -0.127. The van der Waals surface area contributed by atoms with Gasteiger partial charge in [0, 0.05) is 49.9 Å². The number of hydrogen-bond acceptors (Lipinski definition) is 3. The number of carbonyl (C=O) groups is 2. The van der Waals surface area contributed by atoms with Crippen LogP contribution in [0.15, 0.2) is 47.1 Å². The van der Waals surface area contributed by atoms with E-state index in [1.54, 1.807) is 6.08 Å². The second-order valence-electron chi connectivity index (χ2n) is 12.8. The summed E-state index contributed by atoms with van der Waals surface area (Å²) in [5, 5.41) is 0. The van der Waals surface area contributed by atoms with Gasteiger partial charge in [-0.25, -0.2) is 4.39 Å². The molecule has 0 radical (unpaired) electrons. The molecule has 0 amide bonds. The molecule has 206 valence electrons. The van der Waals surface area contributed by atoms with Gasteiger partial charge in [0.05, 0.1) is 0 Å². The Morgan fingerprint density at radius 3 is 2.62 bits per heavy atom. The van der Waals surface area contributed by atoms with Crippen LogP contribution >= 0.6 is 0 Å². The van der Waals surface area contributed by atoms with Gasteiger partial charge in [0.25, 0.3) is 0 Å². The molecule has 6 rings (SSSR count). The van der Waals surface area contributed by atoms with Gasteiger partial charge in [-0.05, 0) is 110 Å². The molecule has 3 fully saturated rings.